The number of benzene rings is 1. The van der Waals surface area contributed by atoms with Crippen LogP contribution in [0.15, 0.2) is 73.3 Å². The van der Waals surface area contributed by atoms with Crippen LogP contribution in [0.3, 0.4) is 0 Å². The molecule has 3 aliphatic heterocycles. The van der Waals surface area contributed by atoms with Crippen molar-refractivity contribution in [2.24, 2.45) is 0 Å². The summed E-state index contributed by atoms with van der Waals surface area (Å²) in [7, 11) is 1.47. The second-order valence-electron chi connectivity index (χ2n) is 13.6. The van der Waals surface area contributed by atoms with Crippen molar-refractivity contribution in [1.82, 2.24) is 39.7 Å². The third-order valence-electron chi connectivity index (χ3n) is 10.4. The number of carbonyl (C=O) groups is 2. The Bertz CT molecular complexity index is 2240. The minimum absolute atomic E-state index is 0. The van der Waals surface area contributed by atoms with E-state index in [1.807, 2.05) is 35.2 Å². The smallest absolute Gasteiger partial charge is 0.270 e. The molecule has 0 radical (unpaired) electrons. The van der Waals surface area contributed by atoms with E-state index in [0.29, 0.717) is 86.9 Å². The molecule has 1 aromatic carbocycles. The number of fused-ring (bicyclic) bond motifs is 1. The van der Waals surface area contributed by atoms with Crippen LogP contribution < -0.4 is 14.5 Å². The highest BCUT2D eigenvalue weighted by Crippen LogP contribution is 2.37. The summed E-state index contributed by atoms with van der Waals surface area (Å²) in [6.45, 7) is 4.29. The molecule has 3 aliphatic rings. The first-order chi connectivity index (χ1) is 26.4. The number of aromatic nitrogens is 6. The molecule has 5 aromatic rings. The number of halogens is 2. The van der Waals surface area contributed by atoms with Crippen LogP contribution in [-0.4, -0.2) is 111 Å². The summed E-state index contributed by atoms with van der Waals surface area (Å²) in [5.74, 6) is 0.518. The van der Waals surface area contributed by atoms with Crippen LogP contribution in [0.2, 0.25) is 0 Å². The Balaban J connectivity index is 0.00000465. The molecule has 54 heavy (non-hydrogen) atoms. The quantitative estimate of drug-likeness (QED) is 0.221. The number of pyridine rings is 2. The molecule has 1 N–H and O–H groups in total. The topological polar surface area (TPSA) is 129 Å². The van der Waals surface area contributed by atoms with Gasteiger partial charge in [-0.3, -0.25) is 14.3 Å². The van der Waals surface area contributed by atoms with Gasteiger partial charge >= 0.3 is 0 Å². The SMILES string of the molecule is COc1cc(F)cnc1N1CCN(C(=O)c2cc3c(C4=CCN(c5ccccn5)CC4)cc(C4=CCCN(C(=O)CCn5ccnn5)C4)c(F)c3[nH]2)CC1.[HH]. The number of aryl methyl sites for hydroxylation is 1. The number of piperazine rings is 1. The lowest BCUT2D eigenvalue weighted by molar-refractivity contribution is -0.131. The van der Waals surface area contributed by atoms with Gasteiger partial charge in [0.1, 0.15) is 17.3 Å². The highest BCUT2D eigenvalue weighted by Gasteiger charge is 2.29. The minimum Gasteiger partial charge on any atom is -0.493 e. The molecule has 0 spiro atoms. The molecule has 7 heterocycles. The van der Waals surface area contributed by atoms with E-state index in [-0.39, 0.29) is 31.7 Å². The fourth-order valence-corrected chi connectivity index (χ4v) is 7.50. The van der Waals surface area contributed by atoms with E-state index in [2.05, 4.69) is 36.2 Å². The zero-order valence-electron chi connectivity index (χ0n) is 29.9. The molecule has 0 aliphatic carbocycles. The van der Waals surface area contributed by atoms with Crippen LogP contribution in [0.4, 0.5) is 20.4 Å². The van der Waals surface area contributed by atoms with Crippen molar-refractivity contribution in [3.05, 3.63) is 102 Å². The van der Waals surface area contributed by atoms with Crippen molar-refractivity contribution in [1.29, 1.82) is 0 Å². The van der Waals surface area contributed by atoms with Crippen LogP contribution >= 0.6 is 0 Å². The van der Waals surface area contributed by atoms with E-state index in [0.717, 1.165) is 35.3 Å². The highest BCUT2D eigenvalue weighted by atomic mass is 19.1. The molecule has 0 atom stereocenters. The van der Waals surface area contributed by atoms with Gasteiger partial charge in [-0.05, 0) is 53.8 Å². The number of H-pyrrole nitrogens is 1. The number of nitrogens with zero attached hydrogens (tertiary/aromatic N) is 9. The van der Waals surface area contributed by atoms with Gasteiger partial charge in [0.05, 0.1) is 31.6 Å². The van der Waals surface area contributed by atoms with Crippen molar-refractivity contribution in [3.63, 3.8) is 0 Å². The number of methoxy groups -OCH3 is 1. The summed E-state index contributed by atoms with van der Waals surface area (Å²) in [5.41, 5.74) is 3.60. The minimum atomic E-state index is -0.488. The van der Waals surface area contributed by atoms with E-state index in [4.69, 9.17) is 4.74 Å². The van der Waals surface area contributed by atoms with Gasteiger partial charge in [0.2, 0.25) is 5.91 Å². The Morgan fingerprint density at radius 1 is 0.926 bits per heavy atom. The lowest BCUT2D eigenvalue weighted by atomic mass is 9.91. The fourth-order valence-electron chi connectivity index (χ4n) is 7.50. The van der Waals surface area contributed by atoms with Crippen molar-refractivity contribution in [2.45, 2.75) is 25.8 Å². The predicted molar refractivity (Wildman–Crippen MR) is 202 cm³/mol. The third kappa shape index (κ3) is 7.00. The highest BCUT2D eigenvalue weighted by molar-refractivity contribution is 6.03. The van der Waals surface area contributed by atoms with E-state index >= 15 is 4.39 Å². The standard InChI is InChI=1S/C39H40F2N10O3.H2/c1-54-33-21-28(40)24-43-38(33)48-17-19-49(20-18-48)39(53)32-23-31-29(26-7-13-47(14-8-26)34-6-2-3-10-42-34)22-30(36(41)37(31)45-32)27-5-4-12-50(25-27)35(52)9-15-51-16-11-44-46-51;/h2-3,5-7,10-11,16,21-24,45H,4,8-9,12-15,17-20,25H2,1H3;1H. The van der Waals surface area contributed by atoms with E-state index in [1.54, 1.807) is 39.1 Å². The summed E-state index contributed by atoms with van der Waals surface area (Å²) in [6, 6.07) is 10.8. The molecule has 8 rings (SSSR count). The first kappa shape index (κ1) is 34.9. The largest absolute Gasteiger partial charge is 0.493 e. The lowest BCUT2D eigenvalue weighted by Gasteiger charge is -2.35. The maximum atomic E-state index is 16.8. The molecule has 15 heteroatoms. The molecule has 1 saturated heterocycles. The molecule has 13 nitrogen and oxygen atoms in total. The molecule has 4 aromatic heterocycles. The van der Waals surface area contributed by atoms with Gasteiger partial charge in [0, 0.05) is 89.6 Å². The fraction of sp³-hybridized carbons (Fsp3) is 0.333. The van der Waals surface area contributed by atoms with Crippen LogP contribution in [-0.2, 0) is 11.3 Å². The van der Waals surface area contributed by atoms with E-state index in [1.165, 1.54) is 13.2 Å². The van der Waals surface area contributed by atoms with Crippen molar-refractivity contribution >= 4 is 45.5 Å². The van der Waals surface area contributed by atoms with Gasteiger partial charge in [-0.1, -0.05) is 23.4 Å². The average Bonchev–Trinajstić information content (AvgIpc) is 3.92. The van der Waals surface area contributed by atoms with Crippen LogP contribution in [0.25, 0.3) is 22.0 Å². The Morgan fingerprint density at radius 2 is 1.80 bits per heavy atom. The molecular weight excluding hydrogens is 694 g/mol. The normalized spacial score (nSPS) is 16.4. The number of amides is 2. The Labute approximate surface area is 312 Å². The Morgan fingerprint density at radius 3 is 2.54 bits per heavy atom. The Hall–Kier alpha value is -6.12. The summed E-state index contributed by atoms with van der Waals surface area (Å²) in [6.07, 6.45) is 11.9. The second kappa shape index (κ2) is 15.1. The molecule has 2 amide bonds. The van der Waals surface area contributed by atoms with Gasteiger partial charge in [-0.2, -0.15) is 0 Å². The number of aromatic amines is 1. The molecule has 0 unspecified atom stereocenters. The number of hydrogen-bond donors (Lipinski definition) is 1. The summed E-state index contributed by atoms with van der Waals surface area (Å²) >= 11 is 0. The molecule has 0 saturated carbocycles. The van der Waals surface area contributed by atoms with Crippen molar-refractivity contribution in [3.8, 4) is 5.75 Å². The molecule has 0 bridgehead atoms. The number of rotatable bonds is 9. The van der Waals surface area contributed by atoms with Gasteiger partial charge in [0.15, 0.2) is 17.4 Å². The molecular formula is C39H42F2N10O3. The van der Waals surface area contributed by atoms with Gasteiger partial charge in [-0.25, -0.2) is 18.7 Å². The number of nitrogens with one attached hydrogen (secondary N) is 1. The monoisotopic (exact) mass is 736 g/mol. The predicted octanol–water partition coefficient (Wildman–Crippen LogP) is 5.04. The van der Waals surface area contributed by atoms with Crippen molar-refractivity contribution < 1.29 is 24.5 Å². The third-order valence-corrected chi connectivity index (χ3v) is 10.4. The number of ether oxygens (including phenoxy) is 1. The first-order valence-corrected chi connectivity index (χ1v) is 18.1. The number of carbonyl (C=O) groups excluding carboxylic acids is 2. The van der Waals surface area contributed by atoms with Gasteiger partial charge in [0.25, 0.3) is 5.91 Å². The Kier molecular flexibility index (Phi) is 9.76. The summed E-state index contributed by atoms with van der Waals surface area (Å²) in [5, 5.41) is 8.39. The molecule has 280 valence electrons. The maximum Gasteiger partial charge on any atom is 0.270 e. The molecule has 1 fully saturated rings. The second-order valence-corrected chi connectivity index (χ2v) is 13.6. The number of anilines is 2. The van der Waals surface area contributed by atoms with Crippen molar-refractivity contribution in [2.75, 3.05) is 69.3 Å². The van der Waals surface area contributed by atoms with Crippen LogP contribution in [0.5, 0.6) is 5.75 Å². The summed E-state index contributed by atoms with van der Waals surface area (Å²) < 4.78 is 37.6. The maximum absolute atomic E-state index is 16.8. The zero-order chi connectivity index (χ0) is 37.2. The summed E-state index contributed by atoms with van der Waals surface area (Å²) in [4.78, 5) is 46.8. The zero-order valence-corrected chi connectivity index (χ0v) is 29.9. The van der Waals surface area contributed by atoms with Gasteiger partial charge < -0.3 is 29.3 Å². The van der Waals surface area contributed by atoms with E-state index in [9.17, 15) is 14.0 Å². The van der Waals surface area contributed by atoms with E-state index < -0.39 is 11.6 Å². The van der Waals surface area contributed by atoms with Gasteiger partial charge in [-0.15, -0.1) is 5.10 Å². The number of hydrogen-bond acceptors (Lipinski definition) is 9. The van der Waals surface area contributed by atoms with Crippen LogP contribution in [0.1, 0.15) is 42.3 Å². The van der Waals surface area contributed by atoms with Crippen LogP contribution in [0, 0.1) is 11.6 Å². The first-order valence-electron chi connectivity index (χ1n) is 18.1. The lowest BCUT2D eigenvalue weighted by Crippen LogP contribution is -2.49. The average molecular weight is 737 g/mol.